The van der Waals surface area contributed by atoms with Crippen molar-refractivity contribution in [3.05, 3.63) is 35.4 Å². The largest absolute Gasteiger partial charge is 0.370 e. The molecule has 2 unspecified atom stereocenters. The van der Waals surface area contributed by atoms with E-state index in [4.69, 9.17) is 11.5 Å². The summed E-state index contributed by atoms with van der Waals surface area (Å²) >= 11 is 0. The standard InChI is InChI=1S/C22H36N6O/c1-2-28-11-5-9-20(28)14-26-22(24)25-13-17-6-3-7-18(12-17)15-27-10-4-8-19(16-27)21(23)29/h3,6-7,12,19-20H,2,4-5,8-11,13-16H2,1H3,(H2,23,29)(H3,24,25,26). The molecular formula is C22H36N6O. The Morgan fingerprint density at radius 3 is 2.79 bits per heavy atom. The lowest BCUT2D eigenvalue weighted by atomic mass is 9.97. The lowest BCUT2D eigenvalue weighted by Crippen LogP contribution is -2.42. The second-order valence-corrected chi connectivity index (χ2v) is 8.30. The van der Waals surface area contributed by atoms with E-state index >= 15 is 0 Å². The van der Waals surface area contributed by atoms with Crippen LogP contribution < -0.4 is 16.8 Å². The molecule has 1 aromatic carbocycles. The molecule has 3 rings (SSSR count). The summed E-state index contributed by atoms with van der Waals surface area (Å²) in [7, 11) is 0. The molecule has 1 amide bonds. The summed E-state index contributed by atoms with van der Waals surface area (Å²) in [6, 6.07) is 9.02. The van der Waals surface area contributed by atoms with Gasteiger partial charge in [0, 0.05) is 25.7 Å². The number of primary amides is 1. The number of aliphatic imine (C=N–C) groups is 1. The minimum atomic E-state index is -0.180. The zero-order chi connectivity index (χ0) is 20.6. The molecule has 2 saturated heterocycles. The molecule has 2 aliphatic rings. The molecule has 2 fully saturated rings. The Morgan fingerprint density at radius 2 is 2.00 bits per heavy atom. The van der Waals surface area contributed by atoms with Gasteiger partial charge in [0.25, 0.3) is 0 Å². The van der Waals surface area contributed by atoms with E-state index in [-0.39, 0.29) is 11.8 Å². The maximum absolute atomic E-state index is 11.5. The number of rotatable bonds is 8. The molecule has 0 spiro atoms. The van der Waals surface area contributed by atoms with Crippen molar-refractivity contribution in [3.8, 4) is 0 Å². The van der Waals surface area contributed by atoms with Crippen LogP contribution in [-0.2, 0) is 17.9 Å². The number of hydrogen-bond acceptors (Lipinski definition) is 4. The number of nitrogens with one attached hydrogen (secondary N) is 1. The van der Waals surface area contributed by atoms with Crippen LogP contribution in [0.25, 0.3) is 0 Å². The average Bonchev–Trinajstić information content (AvgIpc) is 3.19. The van der Waals surface area contributed by atoms with E-state index in [9.17, 15) is 4.79 Å². The van der Waals surface area contributed by atoms with Gasteiger partial charge in [-0.15, -0.1) is 0 Å². The van der Waals surface area contributed by atoms with Gasteiger partial charge in [0.15, 0.2) is 5.96 Å². The maximum Gasteiger partial charge on any atom is 0.221 e. The van der Waals surface area contributed by atoms with E-state index in [1.807, 2.05) is 0 Å². The SMILES string of the molecule is CCN1CCCC1CNC(N)=NCc1cccc(CN2CCCC(C(N)=O)C2)c1. The number of carbonyl (C=O) groups is 1. The predicted octanol–water partition coefficient (Wildman–Crippen LogP) is 1.27. The first-order chi connectivity index (χ1) is 14.0. The second kappa shape index (κ2) is 10.6. The molecule has 7 nitrogen and oxygen atoms in total. The van der Waals surface area contributed by atoms with Gasteiger partial charge in [-0.2, -0.15) is 0 Å². The normalized spacial score (nSPS) is 24.0. The quantitative estimate of drug-likeness (QED) is 0.451. The van der Waals surface area contributed by atoms with Gasteiger partial charge in [-0.25, -0.2) is 4.99 Å². The highest BCUT2D eigenvalue weighted by molar-refractivity contribution is 5.78. The third-order valence-corrected chi connectivity index (χ3v) is 6.16. The topological polar surface area (TPSA) is 100.0 Å². The highest BCUT2D eigenvalue weighted by Crippen LogP contribution is 2.19. The summed E-state index contributed by atoms with van der Waals surface area (Å²) in [6.07, 6.45) is 4.42. The summed E-state index contributed by atoms with van der Waals surface area (Å²) in [6.45, 7) is 8.52. The Morgan fingerprint density at radius 1 is 1.21 bits per heavy atom. The highest BCUT2D eigenvalue weighted by atomic mass is 16.1. The number of guanidine groups is 1. The first-order valence-electron chi connectivity index (χ1n) is 10.9. The number of hydrogen-bond donors (Lipinski definition) is 3. The van der Waals surface area contributed by atoms with Crippen LogP contribution >= 0.6 is 0 Å². The van der Waals surface area contributed by atoms with Gasteiger partial charge in [-0.1, -0.05) is 31.2 Å². The molecule has 1 aromatic rings. The lowest BCUT2D eigenvalue weighted by molar-refractivity contribution is -0.123. The number of nitrogens with zero attached hydrogens (tertiary/aromatic N) is 3. The zero-order valence-corrected chi connectivity index (χ0v) is 17.6. The Bertz CT molecular complexity index is 706. The van der Waals surface area contributed by atoms with Crippen molar-refractivity contribution < 1.29 is 4.79 Å². The third-order valence-electron chi connectivity index (χ3n) is 6.16. The summed E-state index contributed by atoms with van der Waals surface area (Å²) in [4.78, 5) is 20.8. The average molecular weight is 401 g/mol. The summed E-state index contributed by atoms with van der Waals surface area (Å²) in [5, 5.41) is 3.29. The van der Waals surface area contributed by atoms with Crippen LogP contribution in [0.1, 0.15) is 43.7 Å². The molecular weight excluding hydrogens is 364 g/mol. The van der Waals surface area contributed by atoms with Gasteiger partial charge in [0.2, 0.25) is 5.91 Å². The van der Waals surface area contributed by atoms with Gasteiger partial charge in [-0.05, 0) is 56.4 Å². The van der Waals surface area contributed by atoms with Gasteiger partial charge in [-0.3, -0.25) is 14.6 Å². The predicted molar refractivity (Wildman–Crippen MR) is 117 cm³/mol. The fourth-order valence-corrected chi connectivity index (χ4v) is 4.51. The zero-order valence-electron chi connectivity index (χ0n) is 17.6. The molecule has 7 heteroatoms. The van der Waals surface area contributed by atoms with E-state index in [2.05, 4.69) is 51.3 Å². The van der Waals surface area contributed by atoms with Crippen LogP contribution in [0.4, 0.5) is 0 Å². The van der Waals surface area contributed by atoms with Crippen molar-refractivity contribution in [1.82, 2.24) is 15.1 Å². The minimum Gasteiger partial charge on any atom is -0.370 e. The third kappa shape index (κ3) is 6.44. The smallest absolute Gasteiger partial charge is 0.221 e. The monoisotopic (exact) mass is 400 g/mol. The first kappa shape index (κ1) is 21.6. The van der Waals surface area contributed by atoms with Crippen LogP contribution in [0.3, 0.4) is 0 Å². The Kier molecular flexibility index (Phi) is 7.89. The molecule has 5 N–H and O–H groups in total. The van der Waals surface area contributed by atoms with E-state index < -0.39 is 0 Å². The Hall–Kier alpha value is -2.12. The fraction of sp³-hybridized carbons (Fsp3) is 0.636. The van der Waals surface area contributed by atoms with Crippen molar-refractivity contribution in [1.29, 1.82) is 0 Å². The number of likely N-dealkylation sites (N-methyl/N-ethyl adjacent to an activating group) is 1. The Labute approximate surface area is 174 Å². The number of likely N-dealkylation sites (tertiary alicyclic amines) is 2. The van der Waals surface area contributed by atoms with Gasteiger partial charge >= 0.3 is 0 Å². The molecule has 2 atom stereocenters. The lowest BCUT2D eigenvalue weighted by Gasteiger charge is -2.31. The van der Waals surface area contributed by atoms with Crippen molar-refractivity contribution in [3.63, 3.8) is 0 Å². The number of nitrogens with two attached hydrogens (primary N) is 2. The minimum absolute atomic E-state index is 0.0223. The molecule has 2 heterocycles. The van der Waals surface area contributed by atoms with E-state index in [0.29, 0.717) is 18.5 Å². The molecule has 0 radical (unpaired) electrons. The Balaban J connectivity index is 1.49. The van der Waals surface area contributed by atoms with Crippen molar-refractivity contribution in [2.75, 3.05) is 32.7 Å². The molecule has 0 bridgehead atoms. The van der Waals surface area contributed by atoms with Gasteiger partial charge < -0.3 is 16.8 Å². The number of benzene rings is 1. The number of carbonyl (C=O) groups excluding carboxylic acids is 1. The second-order valence-electron chi connectivity index (χ2n) is 8.30. The maximum atomic E-state index is 11.5. The number of piperidine rings is 1. The fourth-order valence-electron chi connectivity index (χ4n) is 4.51. The van der Waals surface area contributed by atoms with Crippen LogP contribution in [0.15, 0.2) is 29.3 Å². The van der Waals surface area contributed by atoms with E-state index in [1.165, 1.54) is 24.9 Å². The van der Waals surface area contributed by atoms with Crippen molar-refractivity contribution in [2.45, 2.75) is 51.7 Å². The first-order valence-corrected chi connectivity index (χ1v) is 10.9. The highest BCUT2D eigenvalue weighted by Gasteiger charge is 2.24. The van der Waals surface area contributed by atoms with Crippen molar-refractivity contribution in [2.24, 2.45) is 22.4 Å². The molecule has 0 saturated carbocycles. The summed E-state index contributed by atoms with van der Waals surface area (Å²) in [5.74, 6) is 0.310. The summed E-state index contributed by atoms with van der Waals surface area (Å²) < 4.78 is 0. The van der Waals surface area contributed by atoms with Crippen molar-refractivity contribution >= 4 is 11.9 Å². The van der Waals surface area contributed by atoms with Crippen LogP contribution in [0.5, 0.6) is 0 Å². The molecule has 2 aliphatic heterocycles. The van der Waals surface area contributed by atoms with Crippen LogP contribution in [0.2, 0.25) is 0 Å². The molecule has 0 aliphatic carbocycles. The molecule has 0 aromatic heterocycles. The van der Waals surface area contributed by atoms with Crippen LogP contribution in [-0.4, -0.2) is 60.4 Å². The van der Waals surface area contributed by atoms with E-state index in [0.717, 1.165) is 51.1 Å². The van der Waals surface area contributed by atoms with Gasteiger partial charge in [0.1, 0.15) is 0 Å². The van der Waals surface area contributed by atoms with E-state index in [1.54, 1.807) is 0 Å². The number of amides is 1. The van der Waals surface area contributed by atoms with Gasteiger partial charge in [0.05, 0.1) is 12.5 Å². The summed E-state index contributed by atoms with van der Waals surface area (Å²) in [5.41, 5.74) is 14.0. The molecule has 29 heavy (non-hydrogen) atoms. The molecule has 160 valence electrons. The van der Waals surface area contributed by atoms with Crippen LogP contribution in [0, 0.1) is 5.92 Å².